The van der Waals surface area contributed by atoms with Gasteiger partial charge in [-0.3, -0.25) is 9.55 Å². The second-order valence-corrected chi connectivity index (χ2v) is 6.39. The Kier molecular flexibility index (Phi) is 5.98. The SMILES string of the molecule is OCCCCCSc1nnc(-c2ccccn2)n1-c1ccccc1. The third-order valence-corrected chi connectivity index (χ3v) is 4.59. The van der Waals surface area contributed by atoms with Crippen LogP contribution in [0.25, 0.3) is 17.2 Å². The highest BCUT2D eigenvalue weighted by atomic mass is 32.2. The van der Waals surface area contributed by atoms with Crippen LogP contribution in [0.4, 0.5) is 0 Å². The van der Waals surface area contributed by atoms with Gasteiger partial charge in [-0.2, -0.15) is 0 Å². The van der Waals surface area contributed by atoms with Crippen LogP contribution in [0.2, 0.25) is 0 Å². The Morgan fingerprint density at radius 2 is 1.75 bits per heavy atom. The third kappa shape index (κ3) is 4.01. The zero-order valence-corrected chi connectivity index (χ0v) is 14.2. The van der Waals surface area contributed by atoms with Crippen molar-refractivity contribution in [1.82, 2.24) is 19.7 Å². The second kappa shape index (κ2) is 8.61. The maximum atomic E-state index is 8.86. The highest BCUT2D eigenvalue weighted by Crippen LogP contribution is 2.27. The largest absolute Gasteiger partial charge is 0.396 e. The molecule has 2 aromatic heterocycles. The van der Waals surface area contributed by atoms with E-state index in [4.69, 9.17) is 5.11 Å². The summed E-state index contributed by atoms with van der Waals surface area (Å²) in [7, 11) is 0. The number of aliphatic hydroxyl groups excluding tert-OH is 1. The number of para-hydroxylation sites is 1. The van der Waals surface area contributed by atoms with E-state index in [1.165, 1.54) is 0 Å². The molecular weight excluding hydrogens is 320 g/mol. The lowest BCUT2D eigenvalue weighted by atomic mass is 10.3. The molecule has 1 N–H and O–H groups in total. The van der Waals surface area contributed by atoms with Gasteiger partial charge in [-0.05, 0) is 37.1 Å². The number of benzene rings is 1. The van der Waals surface area contributed by atoms with Crippen molar-refractivity contribution in [2.45, 2.75) is 24.4 Å². The van der Waals surface area contributed by atoms with Gasteiger partial charge in [0.05, 0.1) is 0 Å². The molecule has 0 unspecified atom stereocenters. The molecule has 1 aromatic carbocycles. The molecule has 0 aliphatic rings. The minimum atomic E-state index is 0.259. The zero-order chi connectivity index (χ0) is 16.6. The van der Waals surface area contributed by atoms with E-state index in [9.17, 15) is 0 Å². The third-order valence-electron chi connectivity index (χ3n) is 3.58. The van der Waals surface area contributed by atoms with Crippen molar-refractivity contribution in [3.05, 3.63) is 54.7 Å². The maximum Gasteiger partial charge on any atom is 0.196 e. The van der Waals surface area contributed by atoms with E-state index in [1.807, 2.05) is 48.5 Å². The monoisotopic (exact) mass is 340 g/mol. The molecule has 0 amide bonds. The predicted octanol–water partition coefficient (Wildman–Crippen LogP) is 3.58. The lowest BCUT2D eigenvalue weighted by Crippen LogP contribution is -2.00. The summed E-state index contributed by atoms with van der Waals surface area (Å²) in [5, 5.41) is 18.5. The molecule has 0 saturated carbocycles. The molecule has 0 saturated heterocycles. The fourth-order valence-corrected chi connectivity index (χ4v) is 3.34. The van der Waals surface area contributed by atoms with E-state index in [-0.39, 0.29) is 6.61 Å². The van der Waals surface area contributed by atoms with Crippen LogP contribution in [0.3, 0.4) is 0 Å². The summed E-state index contributed by atoms with van der Waals surface area (Å²) < 4.78 is 2.05. The smallest absolute Gasteiger partial charge is 0.196 e. The fourth-order valence-electron chi connectivity index (χ4n) is 2.39. The quantitative estimate of drug-likeness (QED) is 0.501. The van der Waals surface area contributed by atoms with E-state index in [2.05, 4.69) is 19.7 Å². The predicted molar refractivity (Wildman–Crippen MR) is 96.3 cm³/mol. The van der Waals surface area contributed by atoms with E-state index < -0.39 is 0 Å². The molecule has 0 bridgehead atoms. The molecule has 0 radical (unpaired) electrons. The number of hydrogen-bond acceptors (Lipinski definition) is 5. The molecule has 0 atom stereocenters. The molecule has 0 spiro atoms. The highest BCUT2D eigenvalue weighted by Gasteiger charge is 2.16. The van der Waals surface area contributed by atoms with Crippen LogP contribution in [0.15, 0.2) is 59.9 Å². The van der Waals surface area contributed by atoms with Crippen molar-refractivity contribution in [1.29, 1.82) is 0 Å². The first-order valence-corrected chi connectivity index (χ1v) is 9.04. The lowest BCUT2D eigenvalue weighted by Gasteiger charge is -2.09. The number of rotatable bonds is 8. The molecule has 24 heavy (non-hydrogen) atoms. The van der Waals surface area contributed by atoms with Gasteiger partial charge in [0.1, 0.15) is 5.69 Å². The van der Waals surface area contributed by atoms with Crippen molar-refractivity contribution in [3.8, 4) is 17.2 Å². The Morgan fingerprint density at radius 1 is 0.917 bits per heavy atom. The first-order valence-electron chi connectivity index (χ1n) is 8.06. The van der Waals surface area contributed by atoms with Gasteiger partial charge in [-0.1, -0.05) is 42.4 Å². The van der Waals surface area contributed by atoms with E-state index in [0.717, 1.165) is 47.4 Å². The Morgan fingerprint density at radius 3 is 2.50 bits per heavy atom. The zero-order valence-electron chi connectivity index (χ0n) is 13.4. The molecule has 5 nitrogen and oxygen atoms in total. The summed E-state index contributed by atoms with van der Waals surface area (Å²) in [6.07, 6.45) is 4.69. The topological polar surface area (TPSA) is 63.8 Å². The Hall–Kier alpha value is -2.18. The first kappa shape index (κ1) is 16.7. The summed E-state index contributed by atoms with van der Waals surface area (Å²) in [6.45, 7) is 0.259. The summed E-state index contributed by atoms with van der Waals surface area (Å²) in [4.78, 5) is 4.41. The van der Waals surface area contributed by atoms with Gasteiger partial charge in [0, 0.05) is 24.2 Å². The van der Waals surface area contributed by atoms with Crippen LogP contribution in [0, 0.1) is 0 Å². The summed E-state index contributed by atoms with van der Waals surface area (Å²) >= 11 is 1.69. The summed E-state index contributed by atoms with van der Waals surface area (Å²) in [6, 6.07) is 15.9. The van der Waals surface area contributed by atoms with Gasteiger partial charge in [0.2, 0.25) is 0 Å². The van der Waals surface area contributed by atoms with Crippen LogP contribution < -0.4 is 0 Å². The van der Waals surface area contributed by atoms with E-state index >= 15 is 0 Å². The number of aromatic nitrogens is 4. The molecule has 2 heterocycles. The summed E-state index contributed by atoms with van der Waals surface area (Å²) in [5.41, 5.74) is 1.84. The van der Waals surface area contributed by atoms with Crippen molar-refractivity contribution in [2.24, 2.45) is 0 Å². The molecule has 3 aromatic rings. The molecule has 0 aliphatic carbocycles. The van der Waals surface area contributed by atoms with Gasteiger partial charge in [-0.25, -0.2) is 0 Å². The van der Waals surface area contributed by atoms with Gasteiger partial charge in [0.25, 0.3) is 0 Å². The van der Waals surface area contributed by atoms with Crippen LogP contribution in [0.5, 0.6) is 0 Å². The Labute approximate surface area is 145 Å². The van der Waals surface area contributed by atoms with Crippen molar-refractivity contribution in [2.75, 3.05) is 12.4 Å². The van der Waals surface area contributed by atoms with Crippen LogP contribution in [0.1, 0.15) is 19.3 Å². The number of aliphatic hydroxyl groups is 1. The molecule has 0 fully saturated rings. The molecule has 0 aliphatic heterocycles. The molecular formula is C18H20N4OS. The lowest BCUT2D eigenvalue weighted by molar-refractivity contribution is 0.284. The Balaban J connectivity index is 1.88. The van der Waals surface area contributed by atoms with Gasteiger partial charge in [-0.15, -0.1) is 10.2 Å². The minimum absolute atomic E-state index is 0.259. The van der Waals surface area contributed by atoms with Crippen molar-refractivity contribution in [3.63, 3.8) is 0 Å². The first-order chi connectivity index (χ1) is 11.9. The number of hydrogen-bond donors (Lipinski definition) is 1. The van der Waals surface area contributed by atoms with Gasteiger partial charge >= 0.3 is 0 Å². The second-order valence-electron chi connectivity index (χ2n) is 5.32. The average molecular weight is 340 g/mol. The number of nitrogens with zero attached hydrogens (tertiary/aromatic N) is 4. The van der Waals surface area contributed by atoms with Crippen LogP contribution in [-0.4, -0.2) is 37.2 Å². The molecule has 3 rings (SSSR count). The standard InChI is InChI=1S/C18H20N4OS/c23-13-7-2-8-14-24-18-21-20-17(16-11-5-6-12-19-16)22(18)15-9-3-1-4-10-15/h1,3-6,9-12,23H,2,7-8,13-14H2. The number of thioether (sulfide) groups is 1. The average Bonchev–Trinajstić information content (AvgIpc) is 3.07. The molecule has 124 valence electrons. The minimum Gasteiger partial charge on any atom is -0.396 e. The van der Waals surface area contributed by atoms with Crippen molar-refractivity contribution >= 4 is 11.8 Å². The van der Waals surface area contributed by atoms with Gasteiger partial charge in [0.15, 0.2) is 11.0 Å². The normalized spacial score (nSPS) is 10.9. The number of unbranched alkanes of at least 4 members (excludes halogenated alkanes) is 2. The number of pyridine rings is 1. The van der Waals surface area contributed by atoms with Crippen LogP contribution >= 0.6 is 11.8 Å². The maximum absolute atomic E-state index is 8.86. The van der Waals surface area contributed by atoms with Gasteiger partial charge < -0.3 is 5.11 Å². The highest BCUT2D eigenvalue weighted by molar-refractivity contribution is 7.99. The molecule has 6 heteroatoms. The fraction of sp³-hybridized carbons (Fsp3) is 0.278. The Bertz CT molecular complexity index is 746. The summed E-state index contributed by atoms with van der Waals surface area (Å²) in [5.74, 6) is 1.70. The van der Waals surface area contributed by atoms with Crippen LogP contribution in [-0.2, 0) is 0 Å². The van der Waals surface area contributed by atoms with E-state index in [1.54, 1.807) is 18.0 Å². The van der Waals surface area contributed by atoms with Crippen molar-refractivity contribution < 1.29 is 5.11 Å². The van der Waals surface area contributed by atoms with E-state index in [0.29, 0.717) is 0 Å².